The van der Waals surface area contributed by atoms with Crippen LogP contribution in [0, 0.1) is 0 Å². The highest BCUT2D eigenvalue weighted by atomic mass is 32.2. The lowest BCUT2D eigenvalue weighted by Gasteiger charge is -2.01. The van der Waals surface area contributed by atoms with Gasteiger partial charge in [0.15, 0.2) is 0 Å². The Balaban J connectivity index is 2.96. The van der Waals surface area contributed by atoms with Gasteiger partial charge in [0.2, 0.25) is 0 Å². The van der Waals surface area contributed by atoms with Gasteiger partial charge in [-0.05, 0) is 6.07 Å². The minimum atomic E-state index is -4.06. The van der Waals surface area contributed by atoms with Gasteiger partial charge in [-0.3, -0.25) is 0 Å². The van der Waals surface area contributed by atoms with E-state index >= 15 is 0 Å². The van der Waals surface area contributed by atoms with Crippen LogP contribution in [0.4, 0.5) is 4.79 Å². The van der Waals surface area contributed by atoms with Crippen LogP contribution in [-0.4, -0.2) is 28.8 Å². The van der Waals surface area contributed by atoms with E-state index in [-0.39, 0.29) is 0 Å². The van der Waals surface area contributed by atoms with E-state index in [1.165, 1.54) is 17.0 Å². The van der Waals surface area contributed by atoms with E-state index in [1.54, 1.807) is 0 Å². The van der Waals surface area contributed by atoms with Crippen LogP contribution in [0.15, 0.2) is 18.5 Å². The minimum absolute atomic E-state index is 0.515. The van der Waals surface area contributed by atoms with Crippen molar-refractivity contribution in [2.75, 3.05) is 0 Å². The molecule has 0 saturated carbocycles. The second-order valence-electron chi connectivity index (χ2n) is 1.79. The monoisotopic (exact) mass is 191 g/mol. The molecule has 0 saturated heterocycles. The number of aromatic nitrogens is 2. The van der Waals surface area contributed by atoms with Gasteiger partial charge in [0.1, 0.15) is 0 Å². The molecular weight excluding hydrogens is 186 g/mol. The number of hydrogen-bond acceptors (Lipinski definition) is 4. The molecule has 0 aliphatic heterocycles. The van der Waals surface area contributed by atoms with Crippen molar-refractivity contribution < 1.29 is 18.3 Å². The first-order chi connectivity index (χ1) is 5.52. The molecule has 1 aromatic heterocycles. The maximum Gasteiger partial charge on any atom is 0.419 e. The van der Waals surface area contributed by atoms with Crippen LogP contribution < -0.4 is 4.72 Å². The van der Waals surface area contributed by atoms with Crippen molar-refractivity contribution in [1.29, 1.82) is 0 Å². The molecule has 2 N–H and O–H groups in total. The van der Waals surface area contributed by atoms with E-state index in [0.717, 1.165) is 6.20 Å². The van der Waals surface area contributed by atoms with E-state index in [2.05, 4.69) is 5.10 Å². The molecule has 0 fully saturated rings. The van der Waals surface area contributed by atoms with Crippen molar-refractivity contribution in [2.45, 2.75) is 0 Å². The van der Waals surface area contributed by atoms with Gasteiger partial charge < -0.3 is 5.11 Å². The normalized spacial score (nSPS) is 11.0. The van der Waals surface area contributed by atoms with Gasteiger partial charge in [0.05, 0.1) is 6.20 Å². The minimum Gasteiger partial charge on any atom is -0.464 e. The van der Waals surface area contributed by atoms with E-state index in [0.29, 0.717) is 4.09 Å². The summed E-state index contributed by atoms with van der Waals surface area (Å²) in [6.07, 6.45) is 0.692. The van der Waals surface area contributed by atoms with E-state index < -0.39 is 16.3 Å². The first-order valence-electron chi connectivity index (χ1n) is 2.78. The fourth-order valence-electron chi connectivity index (χ4n) is 0.554. The fraction of sp³-hybridized carbons (Fsp3) is 0. The Morgan fingerprint density at radius 3 is 2.67 bits per heavy atom. The largest absolute Gasteiger partial charge is 0.464 e. The summed E-state index contributed by atoms with van der Waals surface area (Å²) in [5.74, 6) is 0. The topological polar surface area (TPSA) is 101 Å². The van der Waals surface area contributed by atoms with Gasteiger partial charge in [-0.1, -0.05) is 0 Å². The van der Waals surface area contributed by atoms with Crippen molar-refractivity contribution in [1.82, 2.24) is 13.9 Å². The number of nitrogens with zero attached hydrogens (tertiary/aromatic N) is 2. The van der Waals surface area contributed by atoms with E-state index in [9.17, 15) is 13.2 Å². The smallest absolute Gasteiger partial charge is 0.419 e. The molecule has 0 aromatic carbocycles. The Labute approximate surface area is 67.8 Å². The van der Waals surface area contributed by atoms with Crippen LogP contribution in [-0.2, 0) is 10.2 Å². The second kappa shape index (κ2) is 2.81. The Bertz CT molecular complexity index is 367. The highest BCUT2D eigenvalue weighted by Gasteiger charge is 2.14. The van der Waals surface area contributed by atoms with Crippen LogP contribution in [0.5, 0.6) is 0 Å². The zero-order valence-corrected chi connectivity index (χ0v) is 6.52. The first kappa shape index (κ1) is 8.53. The summed E-state index contributed by atoms with van der Waals surface area (Å²) in [6, 6.07) is 1.36. The average Bonchev–Trinajstić information content (AvgIpc) is 2.32. The van der Waals surface area contributed by atoms with Gasteiger partial charge in [0.25, 0.3) is 0 Å². The standard InChI is InChI=1S/C4H5N3O4S/c8-4(9)6-12(10,11)7-3-1-2-5-7/h1-3,6H,(H,8,9). The molecule has 1 rings (SSSR count). The van der Waals surface area contributed by atoms with E-state index in [1.807, 2.05) is 0 Å². The molecular formula is C4H5N3O4S. The molecule has 0 unspecified atom stereocenters. The third-order valence-corrected chi connectivity index (χ3v) is 2.08. The second-order valence-corrected chi connectivity index (χ2v) is 3.32. The lowest BCUT2D eigenvalue weighted by molar-refractivity contribution is 0.201. The quantitative estimate of drug-likeness (QED) is 0.640. The summed E-state index contributed by atoms with van der Waals surface area (Å²) < 4.78 is 23.7. The lowest BCUT2D eigenvalue weighted by Crippen LogP contribution is -2.34. The van der Waals surface area contributed by atoms with Crippen LogP contribution >= 0.6 is 0 Å². The lowest BCUT2D eigenvalue weighted by atomic mass is 10.8. The van der Waals surface area contributed by atoms with Crippen molar-refractivity contribution in [2.24, 2.45) is 0 Å². The Hall–Kier alpha value is -1.57. The molecule has 0 aliphatic carbocycles. The molecule has 0 spiro atoms. The number of carbonyl (C=O) groups is 1. The van der Waals surface area contributed by atoms with Crippen LogP contribution in [0.25, 0.3) is 0 Å². The number of carboxylic acid groups (broad SMARTS) is 1. The number of rotatable bonds is 2. The Morgan fingerprint density at radius 2 is 2.25 bits per heavy atom. The summed E-state index contributed by atoms with van der Waals surface area (Å²) in [6.45, 7) is 0. The Morgan fingerprint density at radius 1 is 1.58 bits per heavy atom. The predicted molar refractivity (Wildman–Crippen MR) is 37.7 cm³/mol. The number of hydrogen-bond donors (Lipinski definition) is 2. The summed E-state index contributed by atoms with van der Waals surface area (Å²) in [7, 11) is -4.06. The summed E-state index contributed by atoms with van der Waals surface area (Å²) in [5.41, 5.74) is 0. The van der Waals surface area contributed by atoms with Crippen LogP contribution in [0.2, 0.25) is 0 Å². The van der Waals surface area contributed by atoms with Crippen LogP contribution in [0.3, 0.4) is 0 Å². The molecule has 1 amide bonds. The summed E-state index contributed by atoms with van der Waals surface area (Å²) in [5, 5.41) is 11.5. The molecule has 1 heterocycles. The molecule has 12 heavy (non-hydrogen) atoms. The molecule has 1 aromatic rings. The molecule has 0 atom stereocenters. The van der Waals surface area contributed by atoms with Gasteiger partial charge >= 0.3 is 16.3 Å². The first-order valence-corrected chi connectivity index (χ1v) is 4.22. The maximum absolute atomic E-state index is 10.9. The molecule has 0 bridgehead atoms. The molecule has 7 nitrogen and oxygen atoms in total. The number of amides is 1. The summed E-state index contributed by atoms with van der Waals surface area (Å²) >= 11 is 0. The van der Waals surface area contributed by atoms with Crippen molar-refractivity contribution in [3.63, 3.8) is 0 Å². The van der Waals surface area contributed by atoms with Gasteiger partial charge in [-0.25, -0.2) is 4.79 Å². The maximum atomic E-state index is 10.9. The zero-order valence-electron chi connectivity index (χ0n) is 5.71. The molecule has 66 valence electrons. The molecule has 0 radical (unpaired) electrons. The van der Waals surface area contributed by atoms with Gasteiger partial charge in [0, 0.05) is 6.20 Å². The summed E-state index contributed by atoms with van der Waals surface area (Å²) in [4.78, 5) is 9.98. The van der Waals surface area contributed by atoms with Crippen LogP contribution in [0.1, 0.15) is 0 Å². The van der Waals surface area contributed by atoms with Gasteiger partial charge in [-0.15, -0.1) is 4.09 Å². The van der Waals surface area contributed by atoms with Gasteiger partial charge in [-0.2, -0.15) is 18.2 Å². The SMILES string of the molecule is O=C(O)NS(=O)(=O)n1cccn1. The number of nitrogens with one attached hydrogen (secondary N) is 1. The highest BCUT2D eigenvalue weighted by molar-refractivity contribution is 7.88. The molecule has 0 aliphatic rings. The molecule has 8 heteroatoms. The van der Waals surface area contributed by atoms with Crippen molar-refractivity contribution >= 4 is 16.3 Å². The zero-order chi connectivity index (χ0) is 9.19. The average molecular weight is 191 g/mol. The van der Waals surface area contributed by atoms with E-state index in [4.69, 9.17) is 5.11 Å². The predicted octanol–water partition coefficient (Wildman–Crippen LogP) is -0.756. The van der Waals surface area contributed by atoms with Crippen molar-refractivity contribution in [3.8, 4) is 0 Å². The third-order valence-electron chi connectivity index (χ3n) is 0.943. The van der Waals surface area contributed by atoms with Crippen molar-refractivity contribution in [3.05, 3.63) is 18.5 Å². The third kappa shape index (κ3) is 1.72. The Kier molecular flexibility index (Phi) is 2.00. The highest BCUT2D eigenvalue weighted by Crippen LogP contribution is 1.89. The fourth-order valence-corrected chi connectivity index (χ4v) is 1.28.